The molecule has 0 atom stereocenters. The lowest BCUT2D eigenvalue weighted by atomic mass is 10.1. The summed E-state index contributed by atoms with van der Waals surface area (Å²) < 4.78 is 34.7. The predicted octanol–water partition coefficient (Wildman–Crippen LogP) is 5.46. The average Bonchev–Trinajstić information content (AvgIpc) is 3.31. The molecule has 0 N–H and O–H groups in total. The molecule has 1 aliphatic heterocycles. The highest BCUT2D eigenvalue weighted by atomic mass is 19.3. The highest BCUT2D eigenvalue weighted by Gasteiger charge is 2.28. The van der Waals surface area contributed by atoms with Crippen LogP contribution in [0.25, 0.3) is 11.0 Å². The third kappa shape index (κ3) is 6.06. The summed E-state index contributed by atoms with van der Waals surface area (Å²) in [4.78, 5) is 35.1. The Morgan fingerprint density at radius 2 is 1.97 bits per heavy atom. The number of amides is 3. The molecule has 0 spiro atoms. The monoisotopic (exact) mass is 527 g/mol. The van der Waals surface area contributed by atoms with Crippen LogP contribution in [0.2, 0.25) is 0 Å². The highest BCUT2D eigenvalue weighted by Crippen LogP contribution is 2.34. The molecule has 1 aromatic carbocycles. The van der Waals surface area contributed by atoms with Gasteiger partial charge >= 0.3 is 6.03 Å². The number of halogens is 2. The maximum absolute atomic E-state index is 13.6. The lowest BCUT2D eigenvalue weighted by molar-refractivity contribution is -0.129. The van der Waals surface area contributed by atoms with Crippen LogP contribution in [-0.4, -0.2) is 65.1 Å². The van der Waals surface area contributed by atoms with Gasteiger partial charge in [0.25, 0.3) is 6.43 Å². The van der Waals surface area contributed by atoms with Crippen LogP contribution < -0.4 is 9.64 Å². The van der Waals surface area contributed by atoms with E-state index in [4.69, 9.17) is 4.74 Å². The van der Waals surface area contributed by atoms with Crippen molar-refractivity contribution in [3.63, 3.8) is 0 Å². The van der Waals surface area contributed by atoms with Gasteiger partial charge in [0.15, 0.2) is 0 Å². The van der Waals surface area contributed by atoms with Crippen molar-refractivity contribution < 1.29 is 23.1 Å². The van der Waals surface area contributed by atoms with Gasteiger partial charge in [-0.1, -0.05) is 19.8 Å². The van der Waals surface area contributed by atoms with Gasteiger partial charge in [0.2, 0.25) is 5.91 Å². The number of urea groups is 1. The Labute approximate surface area is 221 Å². The molecule has 4 rings (SSSR count). The Morgan fingerprint density at radius 1 is 1.16 bits per heavy atom. The molecule has 8 nitrogen and oxygen atoms in total. The molecule has 0 radical (unpaired) electrons. The number of ether oxygens (including phenoxy) is 1. The first-order valence-electron chi connectivity index (χ1n) is 13.0. The van der Waals surface area contributed by atoms with E-state index in [2.05, 4.69) is 11.9 Å². The number of anilines is 1. The van der Waals surface area contributed by atoms with Gasteiger partial charge in [0.05, 0.1) is 12.2 Å². The molecule has 0 bridgehead atoms. The number of alkyl halides is 2. The molecule has 1 aliphatic rings. The van der Waals surface area contributed by atoms with Gasteiger partial charge < -0.3 is 19.1 Å². The van der Waals surface area contributed by atoms with Crippen LogP contribution in [0.5, 0.6) is 5.75 Å². The second kappa shape index (κ2) is 12.2. The Bertz CT molecular complexity index is 1280. The summed E-state index contributed by atoms with van der Waals surface area (Å²) in [6.07, 6.45) is 4.35. The van der Waals surface area contributed by atoms with Crippen molar-refractivity contribution in [3.05, 3.63) is 53.9 Å². The number of carbonyl (C=O) groups is 2. The minimum absolute atomic E-state index is 0.0388. The molecule has 10 heteroatoms. The van der Waals surface area contributed by atoms with E-state index >= 15 is 0 Å². The Balaban J connectivity index is 1.53. The van der Waals surface area contributed by atoms with E-state index in [0.29, 0.717) is 37.6 Å². The van der Waals surface area contributed by atoms with Crippen molar-refractivity contribution in [1.82, 2.24) is 19.4 Å². The number of carbonyl (C=O) groups excluding carboxylic acids is 2. The van der Waals surface area contributed by atoms with Gasteiger partial charge in [-0.05, 0) is 42.7 Å². The minimum atomic E-state index is -2.66. The van der Waals surface area contributed by atoms with Crippen LogP contribution in [0.3, 0.4) is 0 Å². The smallest absolute Gasteiger partial charge is 0.324 e. The van der Waals surface area contributed by atoms with Crippen LogP contribution in [0, 0.1) is 0 Å². The van der Waals surface area contributed by atoms with Crippen molar-refractivity contribution in [3.8, 4) is 5.75 Å². The third-order valence-corrected chi connectivity index (χ3v) is 6.78. The second-order valence-electron chi connectivity index (χ2n) is 9.73. The maximum atomic E-state index is 13.6. The first kappa shape index (κ1) is 27.3. The summed E-state index contributed by atoms with van der Waals surface area (Å²) in [5.41, 5.74) is 1.99. The van der Waals surface area contributed by atoms with Gasteiger partial charge in [0, 0.05) is 63.3 Å². The number of pyridine rings is 1. The van der Waals surface area contributed by atoms with Gasteiger partial charge in [-0.25, -0.2) is 18.6 Å². The van der Waals surface area contributed by atoms with Gasteiger partial charge in [0.1, 0.15) is 17.9 Å². The molecule has 204 valence electrons. The predicted molar refractivity (Wildman–Crippen MR) is 143 cm³/mol. The van der Waals surface area contributed by atoms with Gasteiger partial charge in [-0.15, -0.1) is 0 Å². The third-order valence-electron chi connectivity index (χ3n) is 6.78. The summed E-state index contributed by atoms with van der Waals surface area (Å²) in [6.45, 7) is 4.05. The van der Waals surface area contributed by atoms with Crippen LogP contribution in [0.4, 0.5) is 19.3 Å². The van der Waals surface area contributed by atoms with E-state index in [9.17, 15) is 18.4 Å². The zero-order chi connectivity index (χ0) is 27.2. The molecule has 3 heterocycles. The van der Waals surface area contributed by atoms with E-state index in [1.165, 1.54) is 11.0 Å². The Hall–Kier alpha value is -3.69. The van der Waals surface area contributed by atoms with Crippen LogP contribution in [0.1, 0.15) is 50.2 Å². The number of fused-ring (bicyclic) bond motifs is 1. The molecule has 0 aliphatic carbocycles. The minimum Gasteiger partial charge on any atom is -0.493 e. The lowest BCUT2D eigenvalue weighted by Gasteiger charge is -2.36. The van der Waals surface area contributed by atoms with Gasteiger partial charge in [-0.3, -0.25) is 9.69 Å². The van der Waals surface area contributed by atoms with E-state index in [1.807, 2.05) is 18.3 Å². The molecular weight excluding hydrogens is 492 g/mol. The standard InChI is InChI=1S/C28H35F2N5O3/c1-4-5-6-16-38-24-17-21(8-9-23(24)26(29)30)35-14-7-13-34(28(35)37)18-20-10-12-31-27-22(20)11-15-33(27)19-25(36)32(2)3/h8-12,15,17,26H,4-7,13-14,16,18-19H2,1-3H3. The number of nitrogens with zero attached hydrogens (tertiary/aromatic N) is 5. The van der Waals surface area contributed by atoms with Crippen LogP contribution in [0.15, 0.2) is 42.7 Å². The van der Waals surface area contributed by atoms with Gasteiger partial charge in [-0.2, -0.15) is 0 Å². The molecule has 0 unspecified atom stereocenters. The summed E-state index contributed by atoms with van der Waals surface area (Å²) in [5, 5.41) is 0.882. The largest absolute Gasteiger partial charge is 0.493 e. The number of rotatable bonds is 11. The normalized spacial score (nSPS) is 14.0. The average molecular weight is 528 g/mol. The van der Waals surface area contributed by atoms with Crippen molar-refractivity contribution in [2.75, 3.05) is 38.7 Å². The number of benzene rings is 1. The summed E-state index contributed by atoms with van der Waals surface area (Å²) in [5.74, 6) is 0.0890. The number of hydrogen-bond acceptors (Lipinski definition) is 4. The van der Waals surface area contributed by atoms with E-state index in [1.54, 1.807) is 46.8 Å². The lowest BCUT2D eigenvalue weighted by Crippen LogP contribution is -2.49. The number of aromatic nitrogens is 2. The van der Waals surface area contributed by atoms with Crippen molar-refractivity contribution >= 4 is 28.7 Å². The van der Waals surface area contributed by atoms with E-state index < -0.39 is 6.43 Å². The Kier molecular flexibility index (Phi) is 8.81. The highest BCUT2D eigenvalue weighted by molar-refractivity contribution is 5.93. The zero-order valence-electron chi connectivity index (χ0n) is 22.2. The van der Waals surface area contributed by atoms with Crippen molar-refractivity contribution in [1.29, 1.82) is 0 Å². The van der Waals surface area contributed by atoms with Crippen molar-refractivity contribution in [2.24, 2.45) is 0 Å². The van der Waals surface area contributed by atoms with E-state index in [0.717, 1.165) is 36.6 Å². The fourth-order valence-electron chi connectivity index (χ4n) is 4.60. The molecule has 38 heavy (non-hydrogen) atoms. The molecule has 1 fully saturated rings. The summed E-state index contributed by atoms with van der Waals surface area (Å²) in [7, 11) is 3.42. The molecule has 3 amide bonds. The van der Waals surface area contributed by atoms with E-state index in [-0.39, 0.29) is 29.8 Å². The number of unbranched alkanes of at least 4 members (excludes halogenated alkanes) is 2. The summed E-state index contributed by atoms with van der Waals surface area (Å²) in [6, 6.07) is 8.08. The molecule has 2 aromatic heterocycles. The summed E-state index contributed by atoms with van der Waals surface area (Å²) >= 11 is 0. The topological polar surface area (TPSA) is 70.9 Å². The fraction of sp³-hybridized carbons (Fsp3) is 0.464. The second-order valence-corrected chi connectivity index (χ2v) is 9.73. The maximum Gasteiger partial charge on any atom is 0.324 e. The van der Waals surface area contributed by atoms with Crippen molar-refractivity contribution in [2.45, 2.75) is 52.1 Å². The first-order valence-corrected chi connectivity index (χ1v) is 13.0. The SMILES string of the molecule is CCCCCOc1cc(N2CCCN(Cc3ccnc4c3ccn4CC(=O)N(C)C)C2=O)ccc1C(F)F. The molecule has 1 saturated heterocycles. The van der Waals surface area contributed by atoms with Crippen LogP contribution >= 0.6 is 0 Å². The zero-order valence-corrected chi connectivity index (χ0v) is 22.2. The quantitative estimate of drug-likeness (QED) is 0.311. The number of hydrogen-bond donors (Lipinski definition) is 0. The number of likely N-dealkylation sites (N-methyl/N-ethyl adjacent to an activating group) is 1. The van der Waals surface area contributed by atoms with Crippen LogP contribution in [-0.2, 0) is 17.9 Å². The first-order chi connectivity index (χ1) is 18.3. The molecular formula is C28H35F2N5O3. The molecule has 3 aromatic rings. The molecule has 0 saturated carbocycles. The fourth-order valence-corrected chi connectivity index (χ4v) is 4.60. The Morgan fingerprint density at radius 3 is 2.71 bits per heavy atom.